The first-order valence-electron chi connectivity index (χ1n) is 8.42. The van der Waals surface area contributed by atoms with E-state index in [1.807, 2.05) is 22.9 Å². The van der Waals surface area contributed by atoms with Crippen LogP contribution >= 0.6 is 0 Å². The van der Waals surface area contributed by atoms with Crippen molar-refractivity contribution >= 4 is 0 Å². The fraction of sp³-hybridized carbons (Fsp3) is 0.706. The molecular weight excluding hydrogens is 262 g/mol. The first kappa shape index (κ1) is 14.8. The van der Waals surface area contributed by atoms with Crippen molar-refractivity contribution in [3.63, 3.8) is 0 Å². The predicted molar refractivity (Wildman–Crippen MR) is 85.5 cm³/mol. The standard InChI is InChI=1S/C17H27N3O/c1-2-8-19(10-11-20-9-4-3-5-17(20)21)16-12-14-6-7-15(13-16)18-14/h3-5,9,14-16,18H,2,6-8,10-13H2,1H3. The Morgan fingerprint density at radius 3 is 2.67 bits per heavy atom. The maximum Gasteiger partial charge on any atom is 0.250 e. The second kappa shape index (κ2) is 6.75. The molecule has 1 N–H and O–H groups in total. The Labute approximate surface area is 127 Å². The SMILES string of the molecule is CCCN(CCn1ccccc1=O)C1CC2CCC(C1)N2. The molecule has 4 nitrogen and oxygen atoms in total. The van der Waals surface area contributed by atoms with Crippen molar-refractivity contribution in [1.29, 1.82) is 0 Å². The second-order valence-electron chi connectivity index (χ2n) is 6.53. The molecular formula is C17H27N3O. The molecule has 1 aromatic heterocycles. The lowest BCUT2D eigenvalue weighted by atomic mass is 9.98. The molecule has 21 heavy (non-hydrogen) atoms. The van der Waals surface area contributed by atoms with Crippen LogP contribution in [0.2, 0.25) is 0 Å². The Morgan fingerprint density at radius 2 is 2.00 bits per heavy atom. The highest BCUT2D eigenvalue weighted by Gasteiger charge is 2.35. The van der Waals surface area contributed by atoms with Gasteiger partial charge in [0.25, 0.3) is 5.56 Å². The Hall–Kier alpha value is -1.13. The third-order valence-electron chi connectivity index (χ3n) is 5.00. The van der Waals surface area contributed by atoms with Crippen LogP contribution in [0.25, 0.3) is 0 Å². The molecule has 0 aliphatic carbocycles. The molecule has 2 saturated heterocycles. The van der Waals surface area contributed by atoms with Crippen molar-refractivity contribution in [3.05, 3.63) is 34.7 Å². The van der Waals surface area contributed by atoms with Gasteiger partial charge >= 0.3 is 0 Å². The van der Waals surface area contributed by atoms with Gasteiger partial charge in [-0.05, 0) is 44.7 Å². The number of piperidine rings is 1. The van der Waals surface area contributed by atoms with Gasteiger partial charge in [0.2, 0.25) is 0 Å². The van der Waals surface area contributed by atoms with E-state index in [0.717, 1.165) is 31.7 Å². The lowest BCUT2D eigenvalue weighted by Crippen LogP contribution is -2.49. The van der Waals surface area contributed by atoms with Gasteiger partial charge in [-0.1, -0.05) is 13.0 Å². The summed E-state index contributed by atoms with van der Waals surface area (Å²) in [6.45, 7) is 5.18. The van der Waals surface area contributed by atoms with Crippen molar-refractivity contribution in [3.8, 4) is 0 Å². The zero-order valence-electron chi connectivity index (χ0n) is 13.0. The van der Waals surface area contributed by atoms with E-state index >= 15 is 0 Å². The minimum atomic E-state index is 0.110. The molecule has 2 aliphatic rings. The summed E-state index contributed by atoms with van der Waals surface area (Å²) in [5.41, 5.74) is 0.110. The van der Waals surface area contributed by atoms with E-state index in [2.05, 4.69) is 17.1 Å². The largest absolute Gasteiger partial charge is 0.314 e. The predicted octanol–water partition coefficient (Wildman–Crippen LogP) is 1.84. The molecule has 2 fully saturated rings. The van der Waals surface area contributed by atoms with Crippen LogP contribution in [0, 0.1) is 0 Å². The number of hydrogen-bond acceptors (Lipinski definition) is 3. The Balaban J connectivity index is 1.62. The molecule has 4 heteroatoms. The van der Waals surface area contributed by atoms with E-state index in [-0.39, 0.29) is 5.56 Å². The van der Waals surface area contributed by atoms with Gasteiger partial charge in [0.15, 0.2) is 0 Å². The smallest absolute Gasteiger partial charge is 0.250 e. The van der Waals surface area contributed by atoms with Crippen molar-refractivity contribution in [1.82, 2.24) is 14.8 Å². The van der Waals surface area contributed by atoms with Crippen molar-refractivity contribution in [2.45, 2.75) is 63.7 Å². The average Bonchev–Trinajstić information content (AvgIpc) is 2.83. The van der Waals surface area contributed by atoms with Gasteiger partial charge in [-0.3, -0.25) is 9.69 Å². The van der Waals surface area contributed by atoms with Crippen LogP contribution in [0.5, 0.6) is 0 Å². The van der Waals surface area contributed by atoms with Crippen LogP contribution in [-0.2, 0) is 6.54 Å². The molecule has 1 aromatic rings. The van der Waals surface area contributed by atoms with Gasteiger partial charge in [0.05, 0.1) is 0 Å². The summed E-state index contributed by atoms with van der Waals surface area (Å²) in [7, 11) is 0. The molecule has 0 spiro atoms. The van der Waals surface area contributed by atoms with E-state index in [1.54, 1.807) is 6.07 Å². The number of aromatic nitrogens is 1. The van der Waals surface area contributed by atoms with Crippen LogP contribution < -0.4 is 10.9 Å². The minimum Gasteiger partial charge on any atom is -0.314 e. The van der Waals surface area contributed by atoms with E-state index in [4.69, 9.17) is 0 Å². The van der Waals surface area contributed by atoms with Crippen LogP contribution in [0.1, 0.15) is 39.0 Å². The summed E-state index contributed by atoms with van der Waals surface area (Å²) in [6, 6.07) is 7.56. The highest BCUT2D eigenvalue weighted by molar-refractivity contribution is 4.96. The summed E-state index contributed by atoms with van der Waals surface area (Å²) in [5, 5.41) is 3.72. The number of nitrogens with zero attached hydrogens (tertiary/aromatic N) is 2. The van der Waals surface area contributed by atoms with Crippen molar-refractivity contribution in [2.75, 3.05) is 13.1 Å². The first-order valence-corrected chi connectivity index (χ1v) is 8.42. The van der Waals surface area contributed by atoms with Gasteiger partial charge in [0, 0.05) is 43.5 Å². The lowest BCUT2D eigenvalue weighted by molar-refractivity contribution is 0.136. The molecule has 0 amide bonds. The van der Waals surface area contributed by atoms with Crippen molar-refractivity contribution in [2.24, 2.45) is 0 Å². The topological polar surface area (TPSA) is 37.3 Å². The van der Waals surface area contributed by atoms with Crippen molar-refractivity contribution < 1.29 is 0 Å². The molecule has 2 atom stereocenters. The maximum atomic E-state index is 11.8. The zero-order valence-corrected chi connectivity index (χ0v) is 13.0. The Morgan fingerprint density at radius 1 is 1.24 bits per heavy atom. The number of hydrogen-bond donors (Lipinski definition) is 1. The van der Waals surface area contributed by atoms with Crippen LogP contribution in [0.15, 0.2) is 29.2 Å². The highest BCUT2D eigenvalue weighted by Crippen LogP contribution is 2.29. The number of fused-ring (bicyclic) bond motifs is 2. The second-order valence-corrected chi connectivity index (χ2v) is 6.53. The monoisotopic (exact) mass is 289 g/mol. The summed E-state index contributed by atoms with van der Waals surface area (Å²) >= 11 is 0. The van der Waals surface area contributed by atoms with E-state index in [0.29, 0.717) is 6.04 Å². The van der Waals surface area contributed by atoms with Gasteiger partial charge in [-0.15, -0.1) is 0 Å². The summed E-state index contributed by atoms with van der Waals surface area (Å²) in [6.07, 6.45) is 8.33. The van der Waals surface area contributed by atoms with E-state index in [9.17, 15) is 4.79 Å². The fourth-order valence-corrected chi connectivity index (χ4v) is 3.97. The third kappa shape index (κ3) is 3.55. The molecule has 0 saturated carbocycles. The first-order chi connectivity index (χ1) is 10.3. The summed E-state index contributed by atoms with van der Waals surface area (Å²) in [4.78, 5) is 14.4. The maximum absolute atomic E-state index is 11.8. The molecule has 2 aliphatic heterocycles. The van der Waals surface area contributed by atoms with E-state index < -0.39 is 0 Å². The minimum absolute atomic E-state index is 0.110. The molecule has 0 radical (unpaired) electrons. The van der Waals surface area contributed by atoms with Crippen LogP contribution in [0.4, 0.5) is 0 Å². The molecule has 116 valence electrons. The molecule has 2 bridgehead atoms. The number of pyridine rings is 1. The Bertz CT molecular complexity index is 501. The molecule has 0 aromatic carbocycles. The molecule has 3 rings (SSSR count). The number of rotatable bonds is 6. The van der Waals surface area contributed by atoms with Gasteiger partial charge in [-0.25, -0.2) is 0 Å². The third-order valence-corrected chi connectivity index (χ3v) is 5.00. The molecule has 3 heterocycles. The zero-order chi connectivity index (χ0) is 14.7. The Kier molecular flexibility index (Phi) is 4.76. The number of nitrogens with one attached hydrogen (secondary N) is 1. The summed E-state index contributed by atoms with van der Waals surface area (Å²) < 4.78 is 1.83. The fourth-order valence-electron chi connectivity index (χ4n) is 3.97. The van der Waals surface area contributed by atoms with Gasteiger partial charge in [0.1, 0.15) is 0 Å². The van der Waals surface area contributed by atoms with Gasteiger partial charge in [-0.2, -0.15) is 0 Å². The molecule has 2 unspecified atom stereocenters. The summed E-state index contributed by atoms with van der Waals surface area (Å²) in [5.74, 6) is 0. The van der Waals surface area contributed by atoms with E-state index in [1.165, 1.54) is 32.1 Å². The highest BCUT2D eigenvalue weighted by atomic mass is 16.1. The lowest BCUT2D eigenvalue weighted by Gasteiger charge is -2.37. The normalized spacial score (nSPS) is 28.2. The quantitative estimate of drug-likeness (QED) is 0.868. The van der Waals surface area contributed by atoms with Crippen LogP contribution in [-0.4, -0.2) is 40.7 Å². The van der Waals surface area contributed by atoms with Crippen LogP contribution in [0.3, 0.4) is 0 Å². The van der Waals surface area contributed by atoms with Gasteiger partial charge < -0.3 is 9.88 Å². The average molecular weight is 289 g/mol.